The van der Waals surface area contributed by atoms with Gasteiger partial charge in [-0.1, -0.05) is 28.1 Å². The van der Waals surface area contributed by atoms with E-state index in [0.717, 1.165) is 22.9 Å². The zero-order valence-electron chi connectivity index (χ0n) is 14.5. The first kappa shape index (κ1) is 18.8. The van der Waals surface area contributed by atoms with E-state index < -0.39 is 17.7 Å². The number of likely N-dealkylation sites (tertiary alicyclic amines) is 1. The number of halogens is 1. The summed E-state index contributed by atoms with van der Waals surface area (Å²) in [6, 6.07) is 7.34. The Balaban J connectivity index is 1.97. The fourth-order valence-corrected chi connectivity index (χ4v) is 2.92. The number of nitrogens with zero attached hydrogens (tertiary/aromatic N) is 1. The molecule has 0 unspecified atom stereocenters. The van der Waals surface area contributed by atoms with Crippen molar-refractivity contribution in [3.8, 4) is 0 Å². The van der Waals surface area contributed by atoms with Gasteiger partial charge in [0.2, 0.25) is 5.91 Å². The minimum atomic E-state index is -0.563. The highest BCUT2D eigenvalue weighted by atomic mass is 79.9. The highest BCUT2D eigenvalue weighted by molar-refractivity contribution is 9.10. The molecule has 5 nitrogen and oxygen atoms in total. The molecule has 1 aliphatic heterocycles. The molecule has 1 aliphatic rings. The summed E-state index contributed by atoms with van der Waals surface area (Å²) in [6.45, 7) is 6.50. The maximum atomic E-state index is 12.5. The summed E-state index contributed by atoms with van der Waals surface area (Å²) in [4.78, 5) is 26.5. The fraction of sp³-hybridized carbons (Fsp3) is 0.556. The van der Waals surface area contributed by atoms with Crippen molar-refractivity contribution >= 4 is 27.9 Å². The Hall–Kier alpha value is -1.56. The maximum absolute atomic E-state index is 12.5. The Labute approximate surface area is 151 Å². The molecule has 0 aliphatic carbocycles. The number of ether oxygens (including phenoxy) is 1. The van der Waals surface area contributed by atoms with E-state index in [1.165, 1.54) is 0 Å². The van der Waals surface area contributed by atoms with Crippen LogP contribution < -0.4 is 5.32 Å². The van der Waals surface area contributed by atoms with Gasteiger partial charge < -0.3 is 10.1 Å². The molecule has 0 aromatic heterocycles. The zero-order valence-corrected chi connectivity index (χ0v) is 16.1. The molecular formula is C18H25BrN2O3. The maximum Gasteiger partial charge on any atom is 0.410 e. The van der Waals surface area contributed by atoms with Gasteiger partial charge >= 0.3 is 6.09 Å². The van der Waals surface area contributed by atoms with Crippen LogP contribution in [0.25, 0.3) is 0 Å². The third-order valence-electron chi connectivity index (χ3n) is 3.81. The average Bonchev–Trinajstić information content (AvgIpc) is 2.52. The topological polar surface area (TPSA) is 58.6 Å². The van der Waals surface area contributed by atoms with Gasteiger partial charge in [0.15, 0.2) is 0 Å². The van der Waals surface area contributed by atoms with Gasteiger partial charge in [-0.25, -0.2) is 4.79 Å². The second-order valence-electron chi connectivity index (χ2n) is 7.03. The molecule has 1 aromatic rings. The first-order valence-corrected chi connectivity index (χ1v) is 9.07. The molecule has 2 amide bonds. The molecule has 1 N–H and O–H groups in total. The van der Waals surface area contributed by atoms with Gasteiger partial charge in [-0.15, -0.1) is 0 Å². The predicted octanol–water partition coefficient (Wildman–Crippen LogP) is 3.85. The van der Waals surface area contributed by atoms with Crippen LogP contribution >= 0.6 is 15.9 Å². The largest absolute Gasteiger partial charge is 0.444 e. The summed E-state index contributed by atoms with van der Waals surface area (Å²) >= 11 is 3.39. The first-order valence-electron chi connectivity index (χ1n) is 8.28. The monoisotopic (exact) mass is 396 g/mol. The van der Waals surface area contributed by atoms with Crippen molar-refractivity contribution in [3.63, 3.8) is 0 Å². The van der Waals surface area contributed by atoms with Crippen LogP contribution in [-0.4, -0.2) is 35.1 Å². The number of carbonyl (C=O) groups excluding carboxylic acids is 2. The molecule has 1 fully saturated rings. The quantitative estimate of drug-likeness (QED) is 0.843. The number of hydrogen-bond acceptors (Lipinski definition) is 3. The van der Waals surface area contributed by atoms with Crippen LogP contribution in [0.1, 0.15) is 45.6 Å². The molecule has 1 saturated heterocycles. The van der Waals surface area contributed by atoms with Gasteiger partial charge in [-0.3, -0.25) is 9.69 Å². The molecule has 0 saturated carbocycles. The second-order valence-corrected chi connectivity index (χ2v) is 7.95. The Morgan fingerprint density at radius 1 is 1.25 bits per heavy atom. The molecule has 1 atom stereocenters. The number of carbonyl (C=O) groups is 2. The summed E-state index contributed by atoms with van der Waals surface area (Å²) in [5.74, 6) is -0.122. The van der Waals surface area contributed by atoms with Crippen LogP contribution in [0.3, 0.4) is 0 Å². The summed E-state index contributed by atoms with van der Waals surface area (Å²) in [6.07, 6.45) is 2.10. The number of amides is 2. The van der Waals surface area contributed by atoms with Gasteiger partial charge in [0.05, 0.1) is 0 Å². The van der Waals surface area contributed by atoms with E-state index in [1.54, 1.807) is 4.90 Å². The zero-order chi connectivity index (χ0) is 17.7. The van der Waals surface area contributed by atoms with E-state index in [4.69, 9.17) is 4.74 Å². The molecular weight excluding hydrogens is 372 g/mol. The Morgan fingerprint density at radius 2 is 1.92 bits per heavy atom. The first-order chi connectivity index (χ1) is 11.3. The molecule has 6 heteroatoms. The number of piperidine rings is 1. The van der Waals surface area contributed by atoms with Gasteiger partial charge in [-0.05, 0) is 57.7 Å². The lowest BCUT2D eigenvalue weighted by molar-refractivity contribution is -0.127. The van der Waals surface area contributed by atoms with Crippen molar-refractivity contribution < 1.29 is 14.3 Å². The standard InChI is InChI=1S/C18H25BrN2O3/c1-18(2,3)24-17(23)21-11-5-4-6-15(21)16(22)20-12-13-7-9-14(19)10-8-13/h7-10,15H,4-6,11-12H2,1-3H3,(H,20,22)/t15-/m1/s1. The van der Waals surface area contributed by atoms with Crippen molar-refractivity contribution in [1.82, 2.24) is 10.2 Å². The Kier molecular flexibility index (Phi) is 6.27. The third-order valence-corrected chi connectivity index (χ3v) is 4.34. The lowest BCUT2D eigenvalue weighted by Gasteiger charge is -2.35. The van der Waals surface area contributed by atoms with Crippen LogP contribution in [-0.2, 0) is 16.1 Å². The number of nitrogens with one attached hydrogen (secondary N) is 1. The average molecular weight is 397 g/mol. The third kappa shape index (κ3) is 5.51. The normalized spacial score (nSPS) is 18.2. The molecule has 132 valence electrons. The highest BCUT2D eigenvalue weighted by Crippen LogP contribution is 2.21. The van der Waals surface area contributed by atoms with Crippen molar-refractivity contribution in [2.45, 2.75) is 58.2 Å². The van der Waals surface area contributed by atoms with E-state index in [2.05, 4.69) is 21.2 Å². The summed E-state index contributed by atoms with van der Waals surface area (Å²) in [5, 5.41) is 2.93. The van der Waals surface area contributed by atoms with Crippen molar-refractivity contribution in [1.29, 1.82) is 0 Å². The number of hydrogen-bond donors (Lipinski definition) is 1. The minimum Gasteiger partial charge on any atom is -0.444 e. The van der Waals surface area contributed by atoms with Crippen LogP contribution in [0.4, 0.5) is 4.79 Å². The highest BCUT2D eigenvalue weighted by Gasteiger charge is 2.34. The van der Waals surface area contributed by atoms with E-state index >= 15 is 0 Å². The Morgan fingerprint density at radius 3 is 2.54 bits per heavy atom. The number of rotatable bonds is 3. The summed E-state index contributed by atoms with van der Waals surface area (Å²) in [7, 11) is 0. The van der Waals surface area contributed by atoms with Crippen LogP contribution in [0.15, 0.2) is 28.7 Å². The fourth-order valence-electron chi connectivity index (χ4n) is 2.65. The molecule has 0 bridgehead atoms. The number of benzene rings is 1. The molecule has 2 rings (SSSR count). The van der Waals surface area contributed by atoms with Crippen LogP contribution in [0.2, 0.25) is 0 Å². The molecule has 0 spiro atoms. The van der Waals surface area contributed by atoms with E-state index in [-0.39, 0.29) is 5.91 Å². The summed E-state index contributed by atoms with van der Waals surface area (Å²) < 4.78 is 6.44. The van der Waals surface area contributed by atoms with Gasteiger partial charge in [0.1, 0.15) is 11.6 Å². The van der Waals surface area contributed by atoms with E-state index in [1.807, 2.05) is 45.0 Å². The predicted molar refractivity (Wildman–Crippen MR) is 96.6 cm³/mol. The van der Waals surface area contributed by atoms with E-state index in [0.29, 0.717) is 19.5 Å². The van der Waals surface area contributed by atoms with Gasteiger partial charge in [0.25, 0.3) is 0 Å². The Bertz CT molecular complexity index is 581. The van der Waals surface area contributed by atoms with Crippen molar-refractivity contribution in [2.75, 3.05) is 6.54 Å². The lowest BCUT2D eigenvalue weighted by atomic mass is 10.0. The second kappa shape index (κ2) is 8.01. The van der Waals surface area contributed by atoms with Crippen LogP contribution in [0, 0.1) is 0 Å². The lowest BCUT2D eigenvalue weighted by Crippen LogP contribution is -2.52. The minimum absolute atomic E-state index is 0.122. The van der Waals surface area contributed by atoms with Crippen molar-refractivity contribution in [2.24, 2.45) is 0 Å². The summed E-state index contributed by atoms with van der Waals surface area (Å²) in [5.41, 5.74) is 0.457. The van der Waals surface area contributed by atoms with Gasteiger partial charge in [-0.2, -0.15) is 0 Å². The van der Waals surface area contributed by atoms with Gasteiger partial charge in [0, 0.05) is 17.6 Å². The van der Waals surface area contributed by atoms with Crippen molar-refractivity contribution in [3.05, 3.63) is 34.3 Å². The SMILES string of the molecule is CC(C)(C)OC(=O)N1CCCC[C@@H]1C(=O)NCc1ccc(Br)cc1. The smallest absolute Gasteiger partial charge is 0.410 e. The molecule has 1 heterocycles. The molecule has 24 heavy (non-hydrogen) atoms. The molecule has 1 aromatic carbocycles. The van der Waals surface area contributed by atoms with Crippen LogP contribution in [0.5, 0.6) is 0 Å². The van der Waals surface area contributed by atoms with E-state index in [9.17, 15) is 9.59 Å². The molecule has 0 radical (unpaired) electrons.